The Kier molecular flexibility index (Phi) is 6.54. The molecular formula is C14H22O4. The average Bonchev–Trinajstić information content (AvgIpc) is 2.39. The Balaban J connectivity index is 2.72. The molecule has 1 rings (SSSR count). The minimum absolute atomic E-state index is 0.199. The van der Waals surface area contributed by atoms with Crippen molar-refractivity contribution in [1.29, 1.82) is 0 Å². The molecule has 0 saturated heterocycles. The number of ether oxygens (including phenoxy) is 2. The van der Waals surface area contributed by atoms with Crippen LogP contribution < -0.4 is 9.47 Å². The van der Waals surface area contributed by atoms with Crippen LogP contribution in [0.3, 0.4) is 0 Å². The summed E-state index contributed by atoms with van der Waals surface area (Å²) in [6.07, 6.45) is 0.580. The molecule has 1 aromatic carbocycles. The van der Waals surface area contributed by atoms with Gasteiger partial charge in [-0.1, -0.05) is 6.07 Å². The summed E-state index contributed by atoms with van der Waals surface area (Å²) in [5, 5.41) is 18.1. The maximum Gasteiger partial charge on any atom is 0.161 e. The zero-order chi connectivity index (χ0) is 13.4. The summed E-state index contributed by atoms with van der Waals surface area (Å²) in [6, 6.07) is 5.77. The fraction of sp³-hybridized carbons (Fsp3) is 0.571. The van der Waals surface area contributed by atoms with Crippen LogP contribution in [0.2, 0.25) is 0 Å². The van der Waals surface area contributed by atoms with E-state index in [1.807, 2.05) is 32.0 Å². The van der Waals surface area contributed by atoms with Gasteiger partial charge in [-0.05, 0) is 44.4 Å². The molecule has 0 aromatic heterocycles. The van der Waals surface area contributed by atoms with Gasteiger partial charge in [-0.15, -0.1) is 0 Å². The van der Waals surface area contributed by atoms with Crippen LogP contribution in [-0.4, -0.2) is 36.1 Å². The smallest absolute Gasteiger partial charge is 0.161 e. The second-order valence-corrected chi connectivity index (χ2v) is 4.02. The maximum atomic E-state index is 9.32. The third-order valence-corrected chi connectivity index (χ3v) is 2.58. The molecule has 0 aliphatic heterocycles. The second-order valence-electron chi connectivity index (χ2n) is 4.02. The fourth-order valence-corrected chi connectivity index (χ4v) is 1.68. The highest BCUT2D eigenvalue weighted by Gasteiger charge is 2.08. The van der Waals surface area contributed by atoms with Gasteiger partial charge in [-0.3, -0.25) is 0 Å². The van der Waals surface area contributed by atoms with Gasteiger partial charge < -0.3 is 19.7 Å². The number of aliphatic hydroxyl groups excluding tert-OH is 2. The predicted molar refractivity (Wildman–Crippen MR) is 70.2 cm³/mol. The first kappa shape index (κ1) is 14.8. The normalized spacial score (nSPS) is 12.2. The number of aryl methyl sites for hydroxylation is 1. The number of hydrogen-bond acceptors (Lipinski definition) is 4. The van der Waals surface area contributed by atoms with Crippen molar-refractivity contribution in [3.8, 4) is 11.5 Å². The van der Waals surface area contributed by atoms with Gasteiger partial charge in [-0.2, -0.15) is 0 Å². The van der Waals surface area contributed by atoms with Crippen LogP contribution in [0, 0.1) is 0 Å². The highest BCUT2D eigenvalue weighted by atomic mass is 16.5. The number of rotatable bonds is 8. The summed E-state index contributed by atoms with van der Waals surface area (Å²) in [5.74, 6) is 1.47. The van der Waals surface area contributed by atoms with E-state index in [-0.39, 0.29) is 6.61 Å². The Hall–Kier alpha value is -1.26. The predicted octanol–water partition coefficient (Wildman–Crippen LogP) is 1.77. The van der Waals surface area contributed by atoms with Crippen molar-refractivity contribution in [3.63, 3.8) is 0 Å². The van der Waals surface area contributed by atoms with E-state index in [2.05, 4.69) is 0 Å². The monoisotopic (exact) mass is 254 g/mol. The molecule has 0 aliphatic rings. The van der Waals surface area contributed by atoms with Gasteiger partial charge in [0, 0.05) is 0 Å². The molecule has 102 valence electrons. The van der Waals surface area contributed by atoms with Crippen LogP contribution in [0.5, 0.6) is 11.5 Å². The van der Waals surface area contributed by atoms with E-state index in [0.717, 1.165) is 17.1 Å². The topological polar surface area (TPSA) is 58.9 Å². The Morgan fingerprint density at radius 3 is 2.39 bits per heavy atom. The standard InChI is InChI=1S/C14H22O4/c1-3-17-13-8-6-11(5-7-12(16)10-15)9-14(13)18-4-2/h6,8-9,12,15-16H,3-5,7,10H2,1-2H3. The summed E-state index contributed by atoms with van der Waals surface area (Å²) in [5.41, 5.74) is 1.06. The molecule has 4 nitrogen and oxygen atoms in total. The Labute approximate surface area is 108 Å². The second kappa shape index (κ2) is 7.95. The lowest BCUT2D eigenvalue weighted by molar-refractivity contribution is 0.0885. The minimum Gasteiger partial charge on any atom is -0.490 e. The maximum absolute atomic E-state index is 9.32. The van der Waals surface area contributed by atoms with Gasteiger partial charge in [0.25, 0.3) is 0 Å². The van der Waals surface area contributed by atoms with E-state index in [1.165, 1.54) is 0 Å². The van der Waals surface area contributed by atoms with Crippen LogP contribution >= 0.6 is 0 Å². The largest absolute Gasteiger partial charge is 0.490 e. The van der Waals surface area contributed by atoms with E-state index in [1.54, 1.807) is 0 Å². The molecule has 1 aromatic rings. The summed E-state index contributed by atoms with van der Waals surface area (Å²) in [4.78, 5) is 0. The third-order valence-electron chi connectivity index (χ3n) is 2.58. The number of aliphatic hydroxyl groups is 2. The van der Waals surface area contributed by atoms with E-state index < -0.39 is 6.10 Å². The summed E-state index contributed by atoms with van der Waals surface area (Å²) < 4.78 is 11.0. The number of benzene rings is 1. The molecule has 0 radical (unpaired) electrons. The Morgan fingerprint density at radius 1 is 1.11 bits per heavy atom. The Morgan fingerprint density at radius 2 is 1.78 bits per heavy atom. The zero-order valence-electron chi connectivity index (χ0n) is 11.1. The molecule has 0 saturated carbocycles. The SMILES string of the molecule is CCOc1ccc(CCC(O)CO)cc1OCC. The lowest BCUT2D eigenvalue weighted by atomic mass is 10.1. The van der Waals surface area contributed by atoms with Gasteiger partial charge >= 0.3 is 0 Å². The van der Waals surface area contributed by atoms with Crippen LogP contribution in [0.15, 0.2) is 18.2 Å². The van der Waals surface area contributed by atoms with Gasteiger partial charge in [0.1, 0.15) is 0 Å². The molecule has 0 fully saturated rings. The van der Waals surface area contributed by atoms with Gasteiger partial charge in [0.15, 0.2) is 11.5 Å². The van der Waals surface area contributed by atoms with Crippen molar-refractivity contribution < 1.29 is 19.7 Å². The van der Waals surface area contributed by atoms with Crippen molar-refractivity contribution in [1.82, 2.24) is 0 Å². The van der Waals surface area contributed by atoms with Crippen LogP contribution in [0.4, 0.5) is 0 Å². The highest BCUT2D eigenvalue weighted by Crippen LogP contribution is 2.29. The lowest BCUT2D eigenvalue weighted by Gasteiger charge is -2.13. The summed E-state index contributed by atoms with van der Waals surface area (Å²) in [7, 11) is 0. The van der Waals surface area contributed by atoms with Crippen molar-refractivity contribution in [2.75, 3.05) is 19.8 Å². The Bertz CT molecular complexity index is 352. The molecule has 2 N–H and O–H groups in total. The lowest BCUT2D eigenvalue weighted by Crippen LogP contribution is -2.12. The first-order valence-electron chi connectivity index (χ1n) is 6.38. The van der Waals surface area contributed by atoms with Crippen molar-refractivity contribution in [3.05, 3.63) is 23.8 Å². The van der Waals surface area contributed by atoms with Crippen LogP contribution in [-0.2, 0) is 6.42 Å². The third kappa shape index (κ3) is 4.55. The van der Waals surface area contributed by atoms with E-state index in [0.29, 0.717) is 26.1 Å². The molecule has 0 heterocycles. The van der Waals surface area contributed by atoms with Crippen molar-refractivity contribution >= 4 is 0 Å². The zero-order valence-corrected chi connectivity index (χ0v) is 11.1. The van der Waals surface area contributed by atoms with Gasteiger partial charge in [0.05, 0.1) is 25.9 Å². The molecule has 18 heavy (non-hydrogen) atoms. The van der Waals surface area contributed by atoms with Crippen molar-refractivity contribution in [2.24, 2.45) is 0 Å². The summed E-state index contributed by atoms with van der Waals surface area (Å²) >= 11 is 0. The van der Waals surface area contributed by atoms with Gasteiger partial charge in [-0.25, -0.2) is 0 Å². The van der Waals surface area contributed by atoms with Crippen LogP contribution in [0.1, 0.15) is 25.8 Å². The molecular weight excluding hydrogens is 232 g/mol. The molecule has 4 heteroatoms. The highest BCUT2D eigenvalue weighted by molar-refractivity contribution is 5.43. The van der Waals surface area contributed by atoms with Crippen LogP contribution in [0.25, 0.3) is 0 Å². The molecule has 0 amide bonds. The quantitative estimate of drug-likeness (QED) is 0.742. The molecule has 0 spiro atoms. The summed E-state index contributed by atoms with van der Waals surface area (Å²) in [6.45, 7) is 4.85. The van der Waals surface area contributed by atoms with E-state index in [9.17, 15) is 5.11 Å². The fourth-order valence-electron chi connectivity index (χ4n) is 1.68. The first-order chi connectivity index (χ1) is 8.71. The molecule has 0 aliphatic carbocycles. The minimum atomic E-state index is -0.660. The van der Waals surface area contributed by atoms with E-state index in [4.69, 9.17) is 14.6 Å². The van der Waals surface area contributed by atoms with Crippen molar-refractivity contribution in [2.45, 2.75) is 32.8 Å². The molecule has 1 unspecified atom stereocenters. The average molecular weight is 254 g/mol. The molecule has 0 bridgehead atoms. The van der Waals surface area contributed by atoms with E-state index >= 15 is 0 Å². The first-order valence-corrected chi connectivity index (χ1v) is 6.38. The number of hydrogen-bond donors (Lipinski definition) is 2. The molecule has 1 atom stereocenters. The van der Waals surface area contributed by atoms with Gasteiger partial charge in [0.2, 0.25) is 0 Å².